The maximum absolute atomic E-state index is 13.1. The number of carbonyl (C=O) groups is 1. The van der Waals surface area contributed by atoms with Gasteiger partial charge in [0.2, 0.25) is 0 Å². The molecule has 0 aliphatic carbocycles. The Morgan fingerprint density at radius 1 is 1.23 bits per heavy atom. The number of amides is 1. The van der Waals surface area contributed by atoms with E-state index in [9.17, 15) is 23.3 Å². The van der Waals surface area contributed by atoms with Gasteiger partial charge in [0.25, 0.3) is 11.6 Å². The van der Waals surface area contributed by atoms with Crippen molar-refractivity contribution in [3.05, 3.63) is 63.2 Å². The summed E-state index contributed by atoms with van der Waals surface area (Å²) in [5, 5.41) is 11.4. The van der Waals surface area contributed by atoms with Gasteiger partial charge in [-0.05, 0) is 30.2 Å². The molecule has 10 heteroatoms. The van der Waals surface area contributed by atoms with Crippen molar-refractivity contribution in [1.82, 2.24) is 4.90 Å². The molecule has 0 fully saturated rings. The van der Waals surface area contributed by atoms with E-state index in [0.717, 1.165) is 6.26 Å². The lowest BCUT2D eigenvalue weighted by Crippen LogP contribution is -2.33. The van der Waals surface area contributed by atoms with Gasteiger partial charge in [0, 0.05) is 18.9 Å². The second-order valence-electron chi connectivity index (χ2n) is 6.95. The maximum atomic E-state index is 13.1. The number of carbonyl (C=O) groups excluding carboxylic acids is 1. The van der Waals surface area contributed by atoms with E-state index in [4.69, 9.17) is 9.47 Å². The first-order valence-corrected chi connectivity index (χ1v) is 11.3. The van der Waals surface area contributed by atoms with Crippen molar-refractivity contribution in [2.45, 2.75) is 19.5 Å². The Balaban J connectivity index is 2.08. The van der Waals surface area contributed by atoms with Crippen molar-refractivity contribution in [1.29, 1.82) is 0 Å². The van der Waals surface area contributed by atoms with Gasteiger partial charge in [-0.1, -0.05) is 18.2 Å². The van der Waals surface area contributed by atoms with Gasteiger partial charge < -0.3 is 14.4 Å². The van der Waals surface area contributed by atoms with Crippen LogP contribution in [-0.4, -0.2) is 49.9 Å². The van der Waals surface area contributed by atoms with Crippen molar-refractivity contribution in [3.8, 4) is 11.5 Å². The van der Waals surface area contributed by atoms with Crippen LogP contribution in [0.1, 0.15) is 34.5 Å². The molecule has 0 spiro atoms. The number of hydrogen-bond acceptors (Lipinski definition) is 7. The van der Waals surface area contributed by atoms with E-state index in [1.54, 1.807) is 31.2 Å². The highest BCUT2D eigenvalue weighted by Gasteiger charge is 2.39. The highest BCUT2D eigenvalue weighted by Crippen LogP contribution is 2.38. The Morgan fingerprint density at radius 3 is 2.57 bits per heavy atom. The molecule has 0 saturated carbocycles. The fourth-order valence-electron chi connectivity index (χ4n) is 3.59. The molecule has 0 bridgehead atoms. The summed E-state index contributed by atoms with van der Waals surface area (Å²) in [6.45, 7) is 2.25. The van der Waals surface area contributed by atoms with Gasteiger partial charge in [0.05, 0.1) is 30.4 Å². The lowest BCUT2D eigenvalue weighted by atomic mass is 10.1. The van der Waals surface area contributed by atoms with Crippen LogP contribution < -0.4 is 9.47 Å². The number of benzene rings is 2. The first-order valence-electron chi connectivity index (χ1n) is 9.22. The molecule has 0 N–H and O–H groups in total. The maximum Gasteiger partial charge on any atom is 0.282 e. The topological polar surface area (TPSA) is 116 Å². The average Bonchev–Trinajstić information content (AvgIpc) is 3.02. The number of fused-ring (bicyclic) bond motifs is 1. The average molecular weight is 435 g/mol. The van der Waals surface area contributed by atoms with Gasteiger partial charge in [-0.3, -0.25) is 14.9 Å². The molecule has 1 aliphatic heterocycles. The Morgan fingerprint density at radius 2 is 1.97 bits per heavy atom. The molecule has 0 radical (unpaired) electrons. The minimum Gasteiger partial charge on any atom is -0.493 e. The Kier molecular flexibility index (Phi) is 5.97. The molecule has 1 aliphatic rings. The number of methoxy groups -OCH3 is 1. The second-order valence-corrected chi connectivity index (χ2v) is 9.14. The van der Waals surface area contributed by atoms with Crippen LogP contribution in [-0.2, 0) is 16.4 Å². The van der Waals surface area contributed by atoms with Crippen LogP contribution in [0.3, 0.4) is 0 Å². The molecule has 0 saturated heterocycles. The van der Waals surface area contributed by atoms with E-state index in [-0.39, 0.29) is 23.5 Å². The highest BCUT2D eigenvalue weighted by molar-refractivity contribution is 7.90. The third kappa shape index (κ3) is 4.23. The van der Waals surface area contributed by atoms with E-state index >= 15 is 0 Å². The normalized spacial score (nSPS) is 14.4. The number of nitro benzene ring substituents is 1. The van der Waals surface area contributed by atoms with Crippen LogP contribution in [0, 0.1) is 10.1 Å². The van der Waals surface area contributed by atoms with Crippen molar-refractivity contribution >= 4 is 21.4 Å². The summed E-state index contributed by atoms with van der Waals surface area (Å²) in [7, 11) is -2.00. The quantitative estimate of drug-likeness (QED) is 0.356. The molecule has 1 atom stereocenters. The third-order valence-corrected chi connectivity index (χ3v) is 5.77. The summed E-state index contributed by atoms with van der Waals surface area (Å²) in [5.74, 6) is -0.00504. The lowest BCUT2D eigenvalue weighted by Gasteiger charge is -2.28. The zero-order valence-electron chi connectivity index (χ0n) is 16.8. The van der Waals surface area contributed by atoms with Crippen molar-refractivity contribution in [2.75, 3.05) is 25.7 Å². The highest BCUT2D eigenvalue weighted by atomic mass is 32.2. The van der Waals surface area contributed by atoms with Crippen LogP contribution in [0.2, 0.25) is 0 Å². The van der Waals surface area contributed by atoms with E-state index in [0.29, 0.717) is 29.2 Å². The summed E-state index contributed by atoms with van der Waals surface area (Å²) in [6.07, 6.45) is 1.09. The number of nitrogens with zero attached hydrogens (tertiary/aromatic N) is 2. The summed E-state index contributed by atoms with van der Waals surface area (Å²) >= 11 is 0. The van der Waals surface area contributed by atoms with Gasteiger partial charge in [-0.15, -0.1) is 0 Å². The fraction of sp³-hybridized carbons (Fsp3) is 0.350. The molecule has 9 nitrogen and oxygen atoms in total. The van der Waals surface area contributed by atoms with Crippen LogP contribution in [0.5, 0.6) is 11.5 Å². The van der Waals surface area contributed by atoms with E-state index in [1.807, 2.05) is 0 Å². The lowest BCUT2D eigenvalue weighted by molar-refractivity contribution is -0.385. The molecule has 1 amide bonds. The Labute approximate surface area is 174 Å². The summed E-state index contributed by atoms with van der Waals surface area (Å²) in [6, 6.07) is 8.53. The Hall–Kier alpha value is -3.14. The number of sulfone groups is 1. The molecular formula is C20H22N2O7S. The van der Waals surface area contributed by atoms with Crippen molar-refractivity contribution in [3.63, 3.8) is 0 Å². The summed E-state index contributed by atoms with van der Waals surface area (Å²) < 4.78 is 35.2. The predicted molar refractivity (Wildman–Crippen MR) is 110 cm³/mol. The molecule has 30 heavy (non-hydrogen) atoms. The minimum atomic E-state index is -3.49. The number of nitro groups is 1. The van der Waals surface area contributed by atoms with E-state index < -0.39 is 26.7 Å². The first kappa shape index (κ1) is 21.6. The van der Waals surface area contributed by atoms with Gasteiger partial charge >= 0.3 is 0 Å². The summed E-state index contributed by atoms with van der Waals surface area (Å²) in [4.78, 5) is 25.3. The number of rotatable bonds is 8. The SMILES string of the molecule is CCOc1cc([C@@H](CS(C)(=O)=O)N2Cc3cccc([15N+](=O)[O-])c3C2=O)ccc1OC. The van der Waals surface area contributed by atoms with Crippen LogP contribution >= 0.6 is 0 Å². The molecule has 2 aromatic rings. The van der Waals surface area contributed by atoms with Crippen molar-refractivity contribution < 1.29 is 27.6 Å². The monoisotopic (exact) mass is 435 g/mol. The zero-order valence-corrected chi connectivity index (χ0v) is 17.6. The minimum absolute atomic E-state index is 0.000422. The molecule has 3 rings (SSSR count). The molecule has 0 aromatic heterocycles. The largest absolute Gasteiger partial charge is 0.493 e. The molecular weight excluding hydrogens is 413 g/mol. The van der Waals surface area contributed by atoms with Crippen LogP contribution in [0.4, 0.5) is 5.69 Å². The van der Waals surface area contributed by atoms with Crippen molar-refractivity contribution in [2.24, 2.45) is 0 Å². The molecule has 160 valence electrons. The van der Waals surface area contributed by atoms with Crippen LogP contribution in [0.15, 0.2) is 36.4 Å². The van der Waals surface area contributed by atoms with E-state index in [1.165, 1.54) is 24.1 Å². The first-order chi connectivity index (χ1) is 14.2. The standard InChI is InChI=1S/C20H22N2O7S/c1-4-29-18-10-13(8-9-17(18)28-2)16(12-30(3,26)27)21-11-14-6-5-7-15(22(24)25)19(14)20(21)23/h5-10,16H,4,11-12H2,1-3H3/t16-/m1/s1/i22+1. The third-order valence-electron chi connectivity index (χ3n) is 4.85. The number of hydrogen-bond donors (Lipinski definition) is 0. The summed E-state index contributed by atoms with van der Waals surface area (Å²) in [5.41, 5.74) is 0.738. The number of ether oxygens (including phenoxy) is 2. The van der Waals surface area contributed by atoms with E-state index in [2.05, 4.69) is 0 Å². The van der Waals surface area contributed by atoms with Crippen LogP contribution in [0.25, 0.3) is 0 Å². The van der Waals surface area contributed by atoms with Gasteiger partial charge in [0.15, 0.2) is 11.5 Å². The molecule has 0 unspecified atom stereocenters. The Bertz CT molecular complexity index is 1100. The van der Waals surface area contributed by atoms with Gasteiger partial charge in [-0.2, -0.15) is 0 Å². The smallest absolute Gasteiger partial charge is 0.282 e. The molecule has 1 heterocycles. The zero-order chi connectivity index (χ0) is 22.1. The molecule has 2 aromatic carbocycles. The van der Waals surface area contributed by atoms with Gasteiger partial charge in [-0.25, -0.2) is 8.42 Å². The predicted octanol–water partition coefficient (Wildman–Crippen LogP) is 2.74. The fourth-order valence-corrected chi connectivity index (χ4v) is 4.54. The second kappa shape index (κ2) is 8.31. The van der Waals surface area contributed by atoms with Gasteiger partial charge in [0.1, 0.15) is 15.4 Å².